The van der Waals surface area contributed by atoms with Crippen LogP contribution in [-0.4, -0.2) is 15.9 Å². The zero-order valence-electron chi connectivity index (χ0n) is 30.8. The number of ketones is 1. The second-order valence-electron chi connectivity index (χ2n) is 14.2. The van der Waals surface area contributed by atoms with Gasteiger partial charge in [0.25, 0.3) is 0 Å². The van der Waals surface area contributed by atoms with Crippen LogP contribution < -0.4 is 0 Å². The molecule has 0 aliphatic carbocycles. The first kappa shape index (κ1) is 42.1. The number of aliphatic hydroxyl groups is 1. The van der Waals surface area contributed by atoms with Crippen LogP contribution in [-0.2, 0) is 37.5 Å². The number of nitrogens with zero attached hydrogens (tertiary/aromatic N) is 1. The molecule has 3 aromatic carbocycles. The summed E-state index contributed by atoms with van der Waals surface area (Å²) in [4.78, 5) is 17.1. The number of hydrogen-bond donors (Lipinski definition) is 1. The third-order valence-electron chi connectivity index (χ3n) is 9.11. The van der Waals surface area contributed by atoms with Crippen LogP contribution in [0.4, 0.5) is 13.2 Å². The standard InChI is InChI=1S/C30H25F3NS.C13H24O2.Ir/c1-18-13-24-22-8-6-5-7-21(22)14-25(28(24)35-18)27-15-23(26(17-34-27)30(31,32)33)20-11-9-19(10-12-20)16-29(2,3)4;1-5-10(6-2)12(14)9-13(15)11(7-3)8-4;/h5-13,15,17H,16H2,1-4H3;9-11,14H,5-8H2,1-4H3;/q-1;;/b;12-9-;. The number of halogens is 3. The Kier molecular flexibility index (Phi) is 14.8. The van der Waals surface area contributed by atoms with E-state index in [1.165, 1.54) is 6.08 Å². The Bertz CT molecular complexity index is 1950. The Labute approximate surface area is 318 Å². The molecule has 2 aromatic heterocycles. The summed E-state index contributed by atoms with van der Waals surface area (Å²) < 4.78 is 43.0. The largest absolute Gasteiger partial charge is 0.512 e. The van der Waals surface area contributed by atoms with E-state index in [0.29, 0.717) is 11.3 Å². The van der Waals surface area contributed by atoms with E-state index in [0.717, 1.165) is 75.2 Å². The molecule has 5 aromatic rings. The SMILES string of the molecule is CCC(CC)C(=O)/C=C(\O)C(CC)CC.Cc1cc2c(s1)c(-c1cc(-c3ccc(CC(C)(C)C)cc3)c(C(F)(F)F)cn1)[c-]c1ccccc12.[Ir]. The predicted octanol–water partition coefficient (Wildman–Crippen LogP) is 13.4. The van der Waals surface area contributed by atoms with Crippen molar-refractivity contribution in [2.24, 2.45) is 17.3 Å². The van der Waals surface area contributed by atoms with Gasteiger partial charge in [-0.2, -0.15) is 24.5 Å². The van der Waals surface area contributed by atoms with Crippen molar-refractivity contribution in [3.8, 4) is 22.4 Å². The van der Waals surface area contributed by atoms with Gasteiger partial charge >= 0.3 is 6.18 Å². The molecule has 8 heteroatoms. The molecular weight excluding hydrogens is 844 g/mol. The fourth-order valence-electron chi connectivity index (χ4n) is 6.35. The molecule has 0 spiro atoms. The van der Waals surface area contributed by atoms with Gasteiger partial charge in [-0.15, -0.1) is 17.5 Å². The average molecular weight is 893 g/mol. The molecule has 0 bridgehead atoms. The zero-order chi connectivity index (χ0) is 36.8. The van der Waals surface area contributed by atoms with Crippen molar-refractivity contribution >= 4 is 38.0 Å². The minimum Gasteiger partial charge on any atom is -0.512 e. The number of allylic oxidation sites excluding steroid dienone is 2. The van der Waals surface area contributed by atoms with Crippen LogP contribution in [0, 0.1) is 30.2 Å². The van der Waals surface area contributed by atoms with Gasteiger partial charge < -0.3 is 5.11 Å². The van der Waals surface area contributed by atoms with E-state index < -0.39 is 11.7 Å². The monoisotopic (exact) mass is 893 g/mol. The molecule has 275 valence electrons. The molecule has 0 amide bonds. The third-order valence-corrected chi connectivity index (χ3v) is 10.2. The molecule has 1 N–H and O–H groups in total. The summed E-state index contributed by atoms with van der Waals surface area (Å²) in [7, 11) is 0. The maximum absolute atomic E-state index is 14.0. The maximum atomic E-state index is 14.0. The van der Waals surface area contributed by atoms with Crippen molar-refractivity contribution < 1.29 is 43.2 Å². The average Bonchev–Trinajstić information content (AvgIpc) is 3.46. The molecule has 0 saturated heterocycles. The zero-order valence-corrected chi connectivity index (χ0v) is 34.0. The molecule has 0 unspecified atom stereocenters. The van der Waals surface area contributed by atoms with Crippen LogP contribution in [0.2, 0.25) is 0 Å². The number of thiophene rings is 1. The number of benzene rings is 3. The molecule has 0 aliphatic heterocycles. The molecule has 51 heavy (non-hydrogen) atoms. The number of alkyl halides is 3. The van der Waals surface area contributed by atoms with Crippen molar-refractivity contribution in [3.05, 3.63) is 101 Å². The summed E-state index contributed by atoms with van der Waals surface area (Å²) in [6, 6.07) is 22.5. The minimum atomic E-state index is -4.51. The molecule has 0 saturated carbocycles. The topological polar surface area (TPSA) is 50.2 Å². The van der Waals surface area contributed by atoms with E-state index in [2.05, 4.69) is 44.0 Å². The van der Waals surface area contributed by atoms with E-state index in [-0.39, 0.29) is 54.5 Å². The number of carbonyl (C=O) groups is 1. The summed E-state index contributed by atoms with van der Waals surface area (Å²) in [6.45, 7) is 16.5. The van der Waals surface area contributed by atoms with E-state index in [1.54, 1.807) is 29.5 Å². The molecule has 0 fully saturated rings. The van der Waals surface area contributed by atoms with Gasteiger partial charge in [0.15, 0.2) is 5.78 Å². The van der Waals surface area contributed by atoms with E-state index in [4.69, 9.17) is 0 Å². The van der Waals surface area contributed by atoms with E-state index in [1.807, 2.05) is 65.0 Å². The summed E-state index contributed by atoms with van der Waals surface area (Å²) >= 11 is 1.61. The second-order valence-corrected chi connectivity index (χ2v) is 15.4. The Balaban J connectivity index is 0.000000374. The van der Waals surface area contributed by atoms with Crippen molar-refractivity contribution in [3.63, 3.8) is 0 Å². The van der Waals surface area contributed by atoms with Crippen LogP contribution in [0.3, 0.4) is 0 Å². The molecule has 0 aliphatic rings. The molecule has 1 radical (unpaired) electrons. The van der Waals surface area contributed by atoms with Gasteiger partial charge in [0.1, 0.15) is 0 Å². The number of fused-ring (bicyclic) bond motifs is 3. The summed E-state index contributed by atoms with van der Waals surface area (Å²) in [5.41, 5.74) is 2.34. The summed E-state index contributed by atoms with van der Waals surface area (Å²) in [5, 5.41) is 12.8. The molecule has 2 heterocycles. The third kappa shape index (κ3) is 10.6. The number of aliphatic hydroxyl groups excluding tert-OH is 1. The van der Waals surface area contributed by atoms with Crippen molar-refractivity contribution in [1.82, 2.24) is 4.98 Å². The normalized spacial score (nSPS) is 12.3. The Hall–Kier alpha value is -3.32. The quantitative estimate of drug-likeness (QED) is 0.0863. The number of rotatable bonds is 10. The maximum Gasteiger partial charge on any atom is 0.418 e. The van der Waals surface area contributed by atoms with Crippen molar-refractivity contribution in [2.45, 2.75) is 93.7 Å². The predicted molar refractivity (Wildman–Crippen MR) is 204 cm³/mol. The van der Waals surface area contributed by atoms with Crippen LogP contribution in [0.1, 0.15) is 90.2 Å². The van der Waals surface area contributed by atoms with Gasteiger partial charge in [-0.05, 0) is 70.7 Å². The fourth-order valence-corrected chi connectivity index (χ4v) is 7.38. The first-order chi connectivity index (χ1) is 23.6. The Morgan fingerprint density at radius 1 is 0.902 bits per heavy atom. The van der Waals surface area contributed by atoms with Crippen LogP contribution in [0.25, 0.3) is 43.2 Å². The fraction of sp³-hybridized carbons (Fsp3) is 0.395. The van der Waals surface area contributed by atoms with Crippen molar-refractivity contribution in [2.75, 3.05) is 0 Å². The van der Waals surface area contributed by atoms with E-state index >= 15 is 0 Å². The minimum absolute atomic E-state index is 0. The number of hydrogen-bond acceptors (Lipinski definition) is 4. The van der Waals surface area contributed by atoms with Gasteiger partial charge in [-0.1, -0.05) is 119 Å². The van der Waals surface area contributed by atoms with Gasteiger partial charge in [-0.3, -0.25) is 9.78 Å². The molecule has 3 nitrogen and oxygen atoms in total. The van der Waals surface area contributed by atoms with Gasteiger partial charge in [0.2, 0.25) is 0 Å². The van der Waals surface area contributed by atoms with Crippen LogP contribution in [0.15, 0.2) is 78.7 Å². The van der Waals surface area contributed by atoms with Gasteiger partial charge in [0, 0.05) is 49.9 Å². The number of carbonyl (C=O) groups excluding carboxylic acids is 1. The van der Waals surface area contributed by atoms with Crippen LogP contribution in [0.5, 0.6) is 0 Å². The van der Waals surface area contributed by atoms with Crippen molar-refractivity contribution in [1.29, 1.82) is 0 Å². The number of aryl methyl sites for hydroxylation is 1. The van der Waals surface area contributed by atoms with E-state index in [9.17, 15) is 23.1 Å². The summed E-state index contributed by atoms with van der Waals surface area (Å²) in [6.07, 6.45) is 2.21. The smallest absolute Gasteiger partial charge is 0.418 e. The number of pyridine rings is 1. The molecule has 5 rings (SSSR count). The Morgan fingerprint density at radius 2 is 1.51 bits per heavy atom. The molecular formula is C43H49F3IrNO2S-. The van der Waals surface area contributed by atoms with Gasteiger partial charge in [-0.25, -0.2) is 0 Å². The van der Waals surface area contributed by atoms with Gasteiger partial charge in [0.05, 0.1) is 11.3 Å². The first-order valence-electron chi connectivity index (χ1n) is 17.6. The van der Waals surface area contributed by atoms with Crippen LogP contribution >= 0.6 is 11.3 Å². The second kappa shape index (κ2) is 17.9. The molecule has 0 atom stereocenters. The summed E-state index contributed by atoms with van der Waals surface area (Å²) in [5.74, 6) is 0.547. The Morgan fingerprint density at radius 3 is 2.08 bits per heavy atom. The first-order valence-corrected chi connectivity index (χ1v) is 18.4. The number of aromatic nitrogens is 1.